The van der Waals surface area contributed by atoms with E-state index in [2.05, 4.69) is 41.1 Å². The normalized spacial score (nSPS) is 27.1. The van der Waals surface area contributed by atoms with Crippen molar-refractivity contribution in [1.82, 2.24) is 0 Å². The van der Waals surface area contributed by atoms with E-state index in [0.717, 1.165) is 26.1 Å². The maximum atomic E-state index is 10.3. The summed E-state index contributed by atoms with van der Waals surface area (Å²) in [5.74, 6) is 0.439. The fourth-order valence-corrected chi connectivity index (χ4v) is 3.62. The highest BCUT2D eigenvalue weighted by Gasteiger charge is 2.27. The van der Waals surface area contributed by atoms with Gasteiger partial charge in [-0.05, 0) is 25.0 Å². The van der Waals surface area contributed by atoms with Crippen LogP contribution >= 0.6 is 0 Å². The van der Waals surface area contributed by atoms with Gasteiger partial charge in [0.1, 0.15) is 0 Å². The van der Waals surface area contributed by atoms with Gasteiger partial charge in [0.05, 0.1) is 17.5 Å². The van der Waals surface area contributed by atoms with Crippen LogP contribution in [0.2, 0.25) is 0 Å². The molecule has 1 fully saturated rings. The molecule has 2 aliphatic rings. The van der Waals surface area contributed by atoms with E-state index in [0.29, 0.717) is 5.92 Å². The Bertz CT molecular complexity index is 448. The lowest BCUT2D eigenvalue weighted by Gasteiger charge is -2.39. The minimum atomic E-state index is -0.107. The molecule has 3 nitrogen and oxygen atoms in total. The zero-order chi connectivity index (χ0) is 13.9. The van der Waals surface area contributed by atoms with Gasteiger partial charge in [-0.15, -0.1) is 0 Å². The summed E-state index contributed by atoms with van der Waals surface area (Å²) in [6.45, 7) is 3.14. The number of benzene rings is 1. The van der Waals surface area contributed by atoms with Crippen molar-refractivity contribution in [3.63, 3.8) is 0 Å². The molecule has 2 atom stereocenters. The minimum absolute atomic E-state index is 0.107. The van der Waals surface area contributed by atoms with E-state index in [9.17, 15) is 5.11 Å². The first-order valence-corrected chi connectivity index (χ1v) is 7.99. The number of aliphatic hydroxyl groups excluding tert-OH is 1. The van der Waals surface area contributed by atoms with Crippen LogP contribution in [0.3, 0.4) is 0 Å². The van der Waals surface area contributed by atoms with Gasteiger partial charge in [0.2, 0.25) is 0 Å². The third-order valence-corrected chi connectivity index (χ3v) is 4.91. The van der Waals surface area contributed by atoms with E-state index in [1.807, 2.05) is 0 Å². The molecular formula is C17H26N2O. The Morgan fingerprint density at radius 2 is 1.80 bits per heavy atom. The first-order chi connectivity index (χ1) is 9.75. The number of anilines is 2. The Labute approximate surface area is 122 Å². The van der Waals surface area contributed by atoms with Gasteiger partial charge in [-0.2, -0.15) is 0 Å². The SMILES string of the molecule is CN1CCN(CC2CCCCCC2O)c2ccccc21. The summed E-state index contributed by atoms with van der Waals surface area (Å²) in [6.07, 6.45) is 5.81. The topological polar surface area (TPSA) is 26.7 Å². The standard InChI is InChI=1S/C17H26N2O/c1-18-11-12-19(16-9-6-5-8-15(16)18)13-14-7-3-2-4-10-17(14)20/h5-6,8-9,14,17,20H,2-4,7,10-13H2,1H3. The van der Waals surface area contributed by atoms with E-state index in [1.165, 1.54) is 37.1 Å². The molecule has 0 radical (unpaired) electrons. The Morgan fingerprint density at radius 1 is 1.05 bits per heavy atom. The summed E-state index contributed by atoms with van der Waals surface area (Å²) < 4.78 is 0. The molecule has 0 saturated heterocycles. The quantitative estimate of drug-likeness (QED) is 0.840. The van der Waals surface area contributed by atoms with E-state index in [-0.39, 0.29) is 6.10 Å². The molecule has 1 saturated carbocycles. The largest absolute Gasteiger partial charge is 0.393 e. The fraction of sp³-hybridized carbons (Fsp3) is 0.647. The molecule has 1 aromatic rings. The van der Waals surface area contributed by atoms with Crippen LogP contribution in [0.4, 0.5) is 11.4 Å². The maximum absolute atomic E-state index is 10.3. The van der Waals surface area contributed by atoms with Crippen LogP contribution in [0.5, 0.6) is 0 Å². The van der Waals surface area contributed by atoms with Gasteiger partial charge in [0.15, 0.2) is 0 Å². The molecule has 1 aliphatic heterocycles. The first kappa shape index (κ1) is 13.7. The molecule has 110 valence electrons. The predicted molar refractivity (Wildman–Crippen MR) is 84.5 cm³/mol. The molecule has 0 amide bonds. The molecule has 0 bridgehead atoms. The molecule has 1 aromatic carbocycles. The number of rotatable bonds is 2. The van der Waals surface area contributed by atoms with Crippen LogP contribution in [-0.2, 0) is 0 Å². The Hall–Kier alpha value is -1.22. The van der Waals surface area contributed by atoms with E-state index < -0.39 is 0 Å². The molecule has 1 heterocycles. The molecule has 3 rings (SSSR count). The smallest absolute Gasteiger partial charge is 0.0604 e. The first-order valence-electron chi connectivity index (χ1n) is 7.99. The lowest BCUT2D eigenvalue weighted by atomic mass is 9.96. The monoisotopic (exact) mass is 274 g/mol. The van der Waals surface area contributed by atoms with E-state index in [4.69, 9.17) is 0 Å². The van der Waals surface area contributed by atoms with Crippen LogP contribution in [-0.4, -0.2) is 37.9 Å². The van der Waals surface area contributed by atoms with Crippen molar-refractivity contribution in [3.05, 3.63) is 24.3 Å². The molecule has 0 spiro atoms. The highest BCUT2D eigenvalue weighted by atomic mass is 16.3. The van der Waals surface area contributed by atoms with Crippen LogP contribution in [0, 0.1) is 5.92 Å². The van der Waals surface area contributed by atoms with Crippen molar-refractivity contribution in [2.24, 2.45) is 5.92 Å². The minimum Gasteiger partial charge on any atom is -0.393 e. The lowest BCUT2D eigenvalue weighted by molar-refractivity contribution is 0.103. The van der Waals surface area contributed by atoms with Gasteiger partial charge < -0.3 is 14.9 Å². The molecule has 20 heavy (non-hydrogen) atoms. The highest BCUT2D eigenvalue weighted by Crippen LogP contribution is 2.34. The van der Waals surface area contributed by atoms with Crippen molar-refractivity contribution in [2.75, 3.05) is 36.5 Å². The number of likely N-dealkylation sites (N-methyl/N-ethyl adjacent to an activating group) is 1. The van der Waals surface area contributed by atoms with Crippen molar-refractivity contribution in [3.8, 4) is 0 Å². The second-order valence-corrected chi connectivity index (χ2v) is 6.32. The van der Waals surface area contributed by atoms with Crippen molar-refractivity contribution in [1.29, 1.82) is 0 Å². The van der Waals surface area contributed by atoms with Crippen LogP contribution in [0.15, 0.2) is 24.3 Å². The molecule has 2 unspecified atom stereocenters. The molecule has 0 aromatic heterocycles. The van der Waals surface area contributed by atoms with E-state index in [1.54, 1.807) is 0 Å². The van der Waals surface area contributed by atoms with Gasteiger partial charge in [-0.3, -0.25) is 0 Å². The highest BCUT2D eigenvalue weighted by molar-refractivity contribution is 5.73. The summed E-state index contributed by atoms with van der Waals surface area (Å²) in [5, 5.41) is 10.3. The average molecular weight is 274 g/mol. The molecular weight excluding hydrogens is 248 g/mol. The van der Waals surface area contributed by atoms with E-state index >= 15 is 0 Å². The molecule has 3 heteroatoms. The molecule has 1 aliphatic carbocycles. The van der Waals surface area contributed by atoms with Gasteiger partial charge in [0.25, 0.3) is 0 Å². The van der Waals surface area contributed by atoms with Gasteiger partial charge in [-0.1, -0.05) is 31.4 Å². The summed E-state index contributed by atoms with van der Waals surface area (Å²) in [7, 11) is 2.16. The van der Waals surface area contributed by atoms with Crippen LogP contribution in [0.25, 0.3) is 0 Å². The van der Waals surface area contributed by atoms with Gasteiger partial charge in [-0.25, -0.2) is 0 Å². The van der Waals surface area contributed by atoms with Crippen molar-refractivity contribution < 1.29 is 5.11 Å². The Morgan fingerprint density at radius 3 is 2.65 bits per heavy atom. The average Bonchev–Trinajstić information content (AvgIpc) is 2.67. The Balaban J connectivity index is 1.76. The lowest BCUT2D eigenvalue weighted by Crippen LogP contribution is -2.43. The maximum Gasteiger partial charge on any atom is 0.0604 e. The second-order valence-electron chi connectivity index (χ2n) is 6.32. The fourth-order valence-electron chi connectivity index (χ4n) is 3.62. The zero-order valence-electron chi connectivity index (χ0n) is 12.5. The Kier molecular flexibility index (Phi) is 4.16. The summed E-state index contributed by atoms with van der Waals surface area (Å²) in [4.78, 5) is 4.81. The number of hydrogen-bond donors (Lipinski definition) is 1. The predicted octanol–water partition coefficient (Wildman–Crippen LogP) is 2.88. The third kappa shape index (κ3) is 2.78. The van der Waals surface area contributed by atoms with Crippen molar-refractivity contribution in [2.45, 2.75) is 38.2 Å². The number of hydrogen-bond acceptors (Lipinski definition) is 3. The summed E-state index contributed by atoms with van der Waals surface area (Å²) in [5.41, 5.74) is 2.65. The van der Waals surface area contributed by atoms with Crippen LogP contribution in [0.1, 0.15) is 32.1 Å². The van der Waals surface area contributed by atoms with Crippen molar-refractivity contribution >= 4 is 11.4 Å². The second kappa shape index (κ2) is 6.04. The number of aliphatic hydroxyl groups is 1. The zero-order valence-corrected chi connectivity index (χ0v) is 12.5. The van der Waals surface area contributed by atoms with Gasteiger partial charge >= 0.3 is 0 Å². The van der Waals surface area contributed by atoms with Crippen LogP contribution < -0.4 is 9.80 Å². The third-order valence-electron chi connectivity index (χ3n) is 4.91. The summed E-state index contributed by atoms with van der Waals surface area (Å²) >= 11 is 0. The summed E-state index contributed by atoms with van der Waals surface area (Å²) in [6, 6.07) is 8.65. The number of fused-ring (bicyclic) bond motifs is 1. The number of para-hydroxylation sites is 2. The number of nitrogens with zero attached hydrogens (tertiary/aromatic N) is 2. The van der Waals surface area contributed by atoms with Gasteiger partial charge in [0, 0.05) is 32.6 Å². The molecule has 1 N–H and O–H groups in total.